The SMILES string of the molecule is Cc1cc(Nc2ccc(N)cn2)c2ccccc2n1. The predicted octanol–water partition coefficient (Wildman–Crippen LogP) is 3.26. The van der Waals surface area contributed by atoms with Gasteiger partial charge in [-0.15, -0.1) is 0 Å². The van der Waals surface area contributed by atoms with Crippen LogP contribution in [-0.4, -0.2) is 9.97 Å². The molecule has 0 aliphatic carbocycles. The summed E-state index contributed by atoms with van der Waals surface area (Å²) in [6, 6.07) is 13.7. The molecule has 4 nitrogen and oxygen atoms in total. The number of pyridine rings is 2. The van der Waals surface area contributed by atoms with Gasteiger partial charge in [-0.2, -0.15) is 0 Å². The van der Waals surface area contributed by atoms with Gasteiger partial charge in [0, 0.05) is 11.1 Å². The van der Waals surface area contributed by atoms with Crippen LogP contribution in [0.2, 0.25) is 0 Å². The summed E-state index contributed by atoms with van der Waals surface area (Å²) >= 11 is 0. The molecule has 0 atom stereocenters. The number of hydrogen-bond donors (Lipinski definition) is 2. The van der Waals surface area contributed by atoms with Crippen LogP contribution in [0.5, 0.6) is 0 Å². The van der Waals surface area contributed by atoms with Crippen molar-refractivity contribution in [3.05, 3.63) is 54.4 Å². The maximum atomic E-state index is 5.63. The molecule has 0 saturated heterocycles. The van der Waals surface area contributed by atoms with Gasteiger partial charge in [-0.05, 0) is 31.2 Å². The number of anilines is 3. The zero-order valence-electron chi connectivity index (χ0n) is 10.6. The van der Waals surface area contributed by atoms with E-state index in [1.807, 2.05) is 49.4 Å². The quantitative estimate of drug-likeness (QED) is 0.732. The van der Waals surface area contributed by atoms with Gasteiger partial charge in [-0.1, -0.05) is 18.2 Å². The predicted molar refractivity (Wildman–Crippen MR) is 78.4 cm³/mol. The van der Waals surface area contributed by atoms with E-state index >= 15 is 0 Å². The first-order valence-electron chi connectivity index (χ1n) is 6.07. The number of rotatable bonds is 2. The van der Waals surface area contributed by atoms with Gasteiger partial charge in [0.05, 0.1) is 23.1 Å². The first kappa shape index (κ1) is 11.5. The zero-order chi connectivity index (χ0) is 13.2. The molecule has 0 amide bonds. The Kier molecular flexibility index (Phi) is 2.76. The first-order valence-corrected chi connectivity index (χ1v) is 6.07. The van der Waals surface area contributed by atoms with E-state index in [0.717, 1.165) is 28.1 Å². The Morgan fingerprint density at radius 3 is 2.74 bits per heavy atom. The summed E-state index contributed by atoms with van der Waals surface area (Å²) in [6.45, 7) is 1.98. The molecular formula is C15H14N4. The maximum absolute atomic E-state index is 5.63. The minimum atomic E-state index is 0.654. The molecule has 19 heavy (non-hydrogen) atoms. The Hall–Kier alpha value is -2.62. The van der Waals surface area contributed by atoms with Crippen molar-refractivity contribution in [3.8, 4) is 0 Å². The summed E-state index contributed by atoms with van der Waals surface area (Å²) in [4.78, 5) is 8.77. The highest BCUT2D eigenvalue weighted by Crippen LogP contribution is 2.25. The standard InChI is InChI=1S/C15H14N4/c1-10-8-14(12-4-2-3-5-13(12)18-10)19-15-7-6-11(16)9-17-15/h2-9H,16H2,1H3,(H,17,18,19). The summed E-state index contributed by atoms with van der Waals surface area (Å²) in [7, 11) is 0. The first-order chi connectivity index (χ1) is 9.22. The van der Waals surface area contributed by atoms with Gasteiger partial charge in [0.15, 0.2) is 0 Å². The van der Waals surface area contributed by atoms with Crippen LogP contribution in [0, 0.1) is 6.92 Å². The van der Waals surface area contributed by atoms with Crippen LogP contribution >= 0.6 is 0 Å². The van der Waals surface area contributed by atoms with E-state index in [1.165, 1.54) is 0 Å². The van der Waals surface area contributed by atoms with Gasteiger partial charge >= 0.3 is 0 Å². The Morgan fingerprint density at radius 2 is 1.95 bits per heavy atom. The normalized spacial score (nSPS) is 10.6. The van der Waals surface area contributed by atoms with Crippen LogP contribution in [0.15, 0.2) is 48.7 Å². The Balaban J connectivity index is 2.07. The summed E-state index contributed by atoms with van der Waals surface area (Å²) in [6.07, 6.45) is 1.64. The van der Waals surface area contributed by atoms with Gasteiger partial charge in [-0.25, -0.2) is 4.98 Å². The smallest absolute Gasteiger partial charge is 0.130 e. The fourth-order valence-corrected chi connectivity index (χ4v) is 2.03. The van der Waals surface area contributed by atoms with E-state index in [4.69, 9.17) is 5.73 Å². The third-order valence-corrected chi connectivity index (χ3v) is 2.89. The highest BCUT2D eigenvalue weighted by atomic mass is 15.0. The molecule has 0 saturated carbocycles. The number of nitrogens with zero attached hydrogens (tertiary/aromatic N) is 2. The molecule has 0 aliphatic rings. The van der Waals surface area contributed by atoms with Crippen LogP contribution in [0.25, 0.3) is 10.9 Å². The number of aromatic nitrogens is 2. The number of hydrogen-bond acceptors (Lipinski definition) is 4. The Bertz CT molecular complexity index is 720. The molecule has 1 aromatic carbocycles. The van der Waals surface area contributed by atoms with Crippen molar-refractivity contribution in [1.29, 1.82) is 0 Å². The Labute approximate surface area is 111 Å². The minimum Gasteiger partial charge on any atom is -0.397 e. The molecular weight excluding hydrogens is 236 g/mol. The van der Waals surface area contributed by atoms with Gasteiger partial charge in [0.1, 0.15) is 5.82 Å². The molecule has 0 aliphatic heterocycles. The lowest BCUT2D eigenvalue weighted by molar-refractivity contribution is 1.25. The van der Waals surface area contributed by atoms with Crippen molar-refractivity contribution in [1.82, 2.24) is 9.97 Å². The highest BCUT2D eigenvalue weighted by Gasteiger charge is 2.04. The molecule has 94 valence electrons. The molecule has 2 aromatic heterocycles. The molecule has 4 heteroatoms. The fourth-order valence-electron chi connectivity index (χ4n) is 2.03. The number of aryl methyl sites for hydroxylation is 1. The van der Waals surface area contributed by atoms with Gasteiger partial charge < -0.3 is 11.1 Å². The second-order valence-corrected chi connectivity index (χ2v) is 4.43. The number of nitrogens with one attached hydrogen (secondary N) is 1. The zero-order valence-corrected chi connectivity index (χ0v) is 10.6. The van der Waals surface area contributed by atoms with Crippen LogP contribution in [0.3, 0.4) is 0 Å². The number of para-hydroxylation sites is 1. The lowest BCUT2D eigenvalue weighted by Gasteiger charge is -2.10. The van der Waals surface area contributed by atoms with Crippen LogP contribution < -0.4 is 11.1 Å². The summed E-state index contributed by atoms with van der Waals surface area (Å²) in [5.41, 5.74) is 9.23. The second-order valence-electron chi connectivity index (χ2n) is 4.43. The molecule has 0 fully saturated rings. The lowest BCUT2D eigenvalue weighted by Crippen LogP contribution is -1.97. The molecule has 0 spiro atoms. The van der Waals surface area contributed by atoms with Crippen LogP contribution in [0.4, 0.5) is 17.2 Å². The molecule has 0 radical (unpaired) electrons. The van der Waals surface area contributed by atoms with E-state index < -0.39 is 0 Å². The van der Waals surface area contributed by atoms with E-state index in [1.54, 1.807) is 6.20 Å². The fraction of sp³-hybridized carbons (Fsp3) is 0.0667. The monoisotopic (exact) mass is 250 g/mol. The van der Waals surface area contributed by atoms with E-state index in [9.17, 15) is 0 Å². The van der Waals surface area contributed by atoms with Crippen molar-refractivity contribution in [3.63, 3.8) is 0 Å². The molecule has 3 aromatic rings. The molecule has 0 unspecified atom stereocenters. The number of nitrogen functional groups attached to an aromatic ring is 1. The van der Waals surface area contributed by atoms with Gasteiger partial charge in [0.25, 0.3) is 0 Å². The van der Waals surface area contributed by atoms with Crippen molar-refractivity contribution in [2.24, 2.45) is 0 Å². The molecule has 0 bridgehead atoms. The maximum Gasteiger partial charge on any atom is 0.130 e. The van der Waals surface area contributed by atoms with E-state index in [2.05, 4.69) is 15.3 Å². The number of benzene rings is 1. The third-order valence-electron chi connectivity index (χ3n) is 2.89. The largest absolute Gasteiger partial charge is 0.397 e. The topological polar surface area (TPSA) is 63.8 Å². The van der Waals surface area contributed by atoms with Crippen molar-refractivity contribution < 1.29 is 0 Å². The second kappa shape index (κ2) is 4.57. The van der Waals surface area contributed by atoms with Gasteiger partial charge in [0.2, 0.25) is 0 Å². The summed E-state index contributed by atoms with van der Waals surface area (Å²) in [5.74, 6) is 0.768. The van der Waals surface area contributed by atoms with Crippen molar-refractivity contribution in [2.45, 2.75) is 6.92 Å². The number of nitrogens with two attached hydrogens (primary N) is 1. The minimum absolute atomic E-state index is 0.654. The Morgan fingerprint density at radius 1 is 1.11 bits per heavy atom. The van der Waals surface area contributed by atoms with E-state index in [-0.39, 0.29) is 0 Å². The highest BCUT2D eigenvalue weighted by molar-refractivity contribution is 5.92. The van der Waals surface area contributed by atoms with Crippen molar-refractivity contribution >= 4 is 28.1 Å². The number of fused-ring (bicyclic) bond motifs is 1. The summed E-state index contributed by atoms with van der Waals surface area (Å²) in [5, 5.41) is 4.38. The van der Waals surface area contributed by atoms with Crippen molar-refractivity contribution in [2.75, 3.05) is 11.1 Å². The lowest BCUT2D eigenvalue weighted by atomic mass is 10.1. The molecule has 3 N–H and O–H groups in total. The molecule has 3 rings (SSSR count). The average Bonchev–Trinajstić information content (AvgIpc) is 2.41. The average molecular weight is 250 g/mol. The van der Waals surface area contributed by atoms with E-state index in [0.29, 0.717) is 5.69 Å². The van der Waals surface area contributed by atoms with Gasteiger partial charge in [-0.3, -0.25) is 4.98 Å². The van der Waals surface area contributed by atoms with Crippen LogP contribution in [0.1, 0.15) is 5.69 Å². The third kappa shape index (κ3) is 2.33. The van der Waals surface area contributed by atoms with Crippen LogP contribution in [-0.2, 0) is 0 Å². The summed E-state index contributed by atoms with van der Waals surface area (Å²) < 4.78 is 0. The molecule has 2 heterocycles.